The average molecular weight is 188 g/mol. The lowest BCUT2D eigenvalue weighted by Gasteiger charge is -1.98. The molecule has 6 nitrogen and oxygen atoms in total. The summed E-state index contributed by atoms with van der Waals surface area (Å²) in [6.45, 7) is 0.257. The zero-order chi connectivity index (χ0) is 10.4. The highest BCUT2D eigenvalue weighted by Gasteiger charge is 2.11. The van der Waals surface area contributed by atoms with E-state index in [9.17, 15) is 14.4 Å². The Hall–Kier alpha value is -1.69. The monoisotopic (exact) mass is 188 g/mol. The van der Waals surface area contributed by atoms with Gasteiger partial charge in [-0.3, -0.25) is 0 Å². The summed E-state index contributed by atoms with van der Waals surface area (Å²) in [7, 11) is 0. The topological polar surface area (TPSA) is 101 Å². The Morgan fingerprint density at radius 2 is 1.92 bits per heavy atom. The van der Waals surface area contributed by atoms with Crippen LogP contribution in [0.4, 0.5) is 0 Å². The van der Waals surface area contributed by atoms with Crippen LogP contribution in [-0.2, 0) is 19.1 Å². The van der Waals surface area contributed by atoms with E-state index in [2.05, 4.69) is 4.74 Å². The SMILES string of the molecule is CC(=CC(=O)O)C(=O)OC(=O)CO. The molecule has 0 aromatic heterocycles. The third-order valence-corrected chi connectivity index (χ3v) is 0.998. The van der Waals surface area contributed by atoms with Gasteiger partial charge in [0.25, 0.3) is 0 Å². The van der Waals surface area contributed by atoms with E-state index in [0.29, 0.717) is 6.08 Å². The van der Waals surface area contributed by atoms with Crippen LogP contribution >= 0.6 is 0 Å². The Labute approximate surface area is 73.4 Å². The van der Waals surface area contributed by atoms with E-state index < -0.39 is 24.5 Å². The van der Waals surface area contributed by atoms with Crippen molar-refractivity contribution in [1.29, 1.82) is 0 Å². The van der Waals surface area contributed by atoms with E-state index in [4.69, 9.17) is 10.2 Å². The van der Waals surface area contributed by atoms with Crippen molar-refractivity contribution >= 4 is 17.9 Å². The number of aliphatic hydroxyl groups is 1. The molecule has 0 saturated carbocycles. The first-order valence-corrected chi connectivity index (χ1v) is 3.24. The van der Waals surface area contributed by atoms with Crippen molar-refractivity contribution in [1.82, 2.24) is 0 Å². The number of aliphatic carboxylic acids is 1. The lowest BCUT2D eigenvalue weighted by molar-refractivity contribution is -0.159. The van der Waals surface area contributed by atoms with Crippen molar-refractivity contribution in [3.63, 3.8) is 0 Å². The quantitative estimate of drug-likeness (QED) is 0.337. The molecule has 0 atom stereocenters. The normalized spacial score (nSPS) is 10.8. The van der Waals surface area contributed by atoms with Crippen LogP contribution in [0, 0.1) is 0 Å². The van der Waals surface area contributed by atoms with Crippen LogP contribution in [0.15, 0.2) is 11.6 Å². The molecule has 0 rings (SSSR count). The second-order valence-electron chi connectivity index (χ2n) is 2.09. The maximum absolute atomic E-state index is 10.8. The van der Waals surface area contributed by atoms with Crippen molar-refractivity contribution in [2.24, 2.45) is 0 Å². The largest absolute Gasteiger partial charge is 0.478 e. The van der Waals surface area contributed by atoms with E-state index in [1.807, 2.05) is 0 Å². The highest BCUT2D eigenvalue weighted by atomic mass is 16.6. The molecular formula is C7H8O6. The zero-order valence-corrected chi connectivity index (χ0v) is 6.81. The summed E-state index contributed by atoms with van der Waals surface area (Å²) in [4.78, 5) is 31.2. The van der Waals surface area contributed by atoms with Gasteiger partial charge in [0.2, 0.25) is 0 Å². The van der Waals surface area contributed by atoms with Crippen LogP contribution in [0.25, 0.3) is 0 Å². The fraction of sp³-hybridized carbons (Fsp3) is 0.286. The third-order valence-electron chi connectivity index (χ3n) is 0.998. The Morgan fingerprint density at radius 1 is 1.38 bits per heavy atom. The number of rotatable bonds is 3. The number of ether oxygens (including phenoxy) is 1. The van der Waals surface area contributed by atoms with Gasteiger partial charge in [0.15, 0.2) is 0 Å². The summed E-state index contributed by atoms with van der Waals surface area (Å²) in [5.41, 5.74) is -0.228. The maximum Gasteiger partial charge on any atom is 0.341 e. The van der Waals surface area contributed by atoms with Gasteiger partial charge in [0.1, 0.15) is 6.61 Å². The van der Waals surface area contributed by atoms with Gasteiger partial charge in [-0.1, -0.05) is 0 Å². The van der Waals surface area contributed by atoms with E-state index in [1.54, 1.807) is 0 Å². The van der Waals surface area contributed by atoms with Crippen molar-refractivity contribution in [2.75, 3.05) is 6.61 Å². The first kappa shape index (κ1) is 11.3. The molecule has 0 saturated heterocycles. The molecule has 0 aromatic rings. The number of esters is 2. The molecule has 0 radical (unpaired) electrons. The summed E-state index contributed by atoms with van der Waals surface area (Å²) in [6, 6.07) is 0. The summed E-state index contributed by atoms with van der Waals surface area (Å²) >= 11 is 0. The summed E-state index contributed by atoms with van der Waals surface area (Å²) < 4.78 is 4.00. The molecule has 0 aliphatic heterocycles. The molecule has 6 heteroatoms. The van der Waals surface area contributed by atoms with Gasteiger partial charge in [-0.05, 0) is 6.92 Å². The van der Waals surface area contributed by atoms with Crippen molar-refractivity contribution in [3.8, 4) is 0 Å². The molecule has 2 N–H and O–H groups in total. The molecule has 0 unspecified atom stereocenters. The Balaban J connectivity index is 4.28. The minimum Gasteiger partial charge on any atom is -0.478 e. The Morgan fingerprint density at radius 3 is 2.31 bits per heavy atom. The van der Waals surface area contributed by atoms with E-state index in [1.165, 1.54) is 6.92 Å². The molecule has 13 heavy (non-hydrogen) atoms. The van der Waals surface area contributed by atoms with Gasteiger partial charge in [-0.25, -0.2) is 14.4 Å². The first-order chi connectivity index (χ1) is 5.97. The number of carboxylic acids is 1. The molecule has 0 spiro atoms. The van der Waals surface area contributed by atoms with Crippen LogP contribution in [0.5, 0.6) is 0 Å². The number of carbonyl (C=O) groups is 3. The predicted octanol–water partition coefficient (Wildman–Crippen LogP) is -0.921. The molecule has 72 valence electrons. The van der Waals surface area contributed by atoms with E-state index in [0.717, 1.165) is 0 Å². The van der Waals surface area contributed by atoms with Crippen molar-refractivity contribution in [2.45, 2.75) is 6.92 Å². The van der Waals surface area contributed by atoms with E-state index >= 15 is 0 Å². The van der Waals surface area contributed by atoms with Crippen LogP contribution in [0.2, 0.25) is 0 Å². The van der Waals surface area contributed by atoms with Crippen LogP contribution in [0.1, 0.15) is 6.92 Å². The lowest BCUT2D eigenvalue weighted by atomic mass is 10.3. The molecule has 0 fully saturated rings. The molecule has 0 heterocycles. The zero-order valence-electron chi connectivity index (χ0n) is 6.81. The minimum atomic E-state index is -1.31. The molecule has 0 aliphatic carbocycles. The number of aliphatic hydroxyl groups excluding tert-OH is 1. The highest BCUT2D eigenvalue weighted by Crippen LogP contribution is 1.96. The van der Waals surface area contributed by atoms with Gasteiger partial charge >= 0.3 is 17.9 Å². The van der Waals surface area contributed by atoms with Crippen molar-refractivity contribution < 1.29 is 29.3 Å². The lowest BCUT2D eigenvalue weighted by Crippen LogP contribution is -2.16. The minimum absolute atomic E-state index is 0.228. The van der Waals surface area contributed by atoms with E-state index in [-0.39, 0.29) is 5.57 Å². The standard InChI is InChI=1S/C7H8O6/c1-4(2-5(9)10)7(12)13-6(11)3-8/h2,8H,3H2,1H3,(H,9,10). The number of carboxylic acid groups (broad SMARTS) is 1. The van der Waals surface area contributed by atoms with Crippen LogP contribution < -0.4 is 0 Å². The Kier molecular flexibility index (Phi) is 4.39. The first-order valence-electron chi connectivity index (χ1n) is 3.24. The van der Waals surface area contributed by atoms with Gasteiger partial charge in [-0.15, -0.1) is 0 Å². The van der Waals surface area contributed by atoms with Gasteiger partial charge < -0.3 is 14.9 Å². The maximum atomic E-state index is 10.8. The smallest absolute Gasteiger partial charge is 0.341 e. The van der Waals surface area contributed by atoms with Gasteiger partial charge in [0, 0.05) is 11.6 Å². The predicted molar refractivity (Wildman–Crippen MR) is 39.6 cm³/mol. The Bertz CT molecular complexity index is 264. The second kappa shape index (κ2) is 5.04. The summed E-state index contributed by atoms with van der Waals surface area (Å²) in [5.74, 6) is -3.52. The molecule has 0 bridgehead atoms. The molecule has 0 amide bonds. The third kappa shape index (κ3) is 4.70. The second-order valence-corrected chi connectivity index (χ2v) is 2.09. The number of carbonyl (C=O) groups excluding carboxylic acids is 2. The van der Waals surface area contributed by atoms with Crippen LogP contribution in [0.3, 0.4) is 0 Å². The van der Waals surface area contributed by atoms with Crippen molar-refractivity contribution in [3.05, 3.63) is 11.6 Å². The molecule has 0 aromatic carbocycles. The number of hydrogen-bond donors (Lipinski definition) is 2. The number of hydrogen-bond acceptors (Lipinski definition) is 5. The summed E-state index contributed by atoms with van der Waals surface area (Å²) in [6.07, 6.45) is 0.604. The van der Waals surface area contributed by atoms with Gasteiger partial charge in [-0.2, -0.15) is 0 Å². The highest BCUT2D eigenvalue weighted by molar-refractivity contribution is 5.99. The average Bonchev–Trinajstić information content (AvgIpc) is 2.02. The van der Waals surface area contributed by atoms with Crippen LogP contribution in [-0.4, -0.2) is 34.7 Å². The molecular weight excluding hydrogens is 180 g/mol. The summed E-state index contributed by atoms with van der Waals surface area (Å²) in [5, 5.41) is 16.4. The molecule has 0 aliphatic rings. The fourth-order valence-electron chi connectivity index (χ4n) is 0.460. The van der Waals surface area contributed by atoms with Gasteiger partial charge in [0.05, 0.1) is 0 Å². The fourth-order valence-corrected chi connectivity index (χ4v) is 0.460.